The third-order valence-electron chi connectivity index (χ3n) is 1.80. The first-order valence-corrected chi connectivity index (χ1v) is 3.48. The summed E-state index contributed by atoms with van der Waals surface area (Å²) < 4.78 is 0. The van der Waals surface area contributed by atoms with E-state index >= 15 is 0 Å². The highest BCUT2D eigenvalue weighted by Crippen LogP contribution is 2.19. The third-order valence-corrected chi connectivity index (χ3v) is 1.80. The molecule has 2 heterocycles. The molecule has 0 spiro atoms. The van der Waals surface area contributed by atoms with Crippen LogP contribution in [0, 0.1) is 0 Å². The Kier molecular flexibility index (Phi) is 1.25. The minimum Gasteiger partial charge on any atom is -0.384 e. The molecule has 2 rings (SSSR count). The summed E-state index contributed by atoms with van der Waals surface area (Å²) in [6, 6.07) is 0. The first kappa shape index (κ1) is 6.99. The Balaban J connectivity index is 2.36. The van der Waals surface area contributed by atoms with Gasteiger partial charge in [0.25, 0.3) is 0 Å². The van der Waals surface area contributed by atoms with E-state index in [1.807, 2.05) is 0 Å². The van der Waals surface area contributed by atoms with Crippen LogP contribution in [-0.4, -0.2) is 22.4 Å². The Bertz CT molecular complexity index is 301. The van der Waals surface area contributed by atoms with Crippen LogP contribution in [0.3, 0.4) is 0 Å². The van der Waals surface area contributed by atoms with Crippen molar-refractivity contribution in [1.82, 2.24) is 9.91 Å². The predicted octanol–water partition coefficient (Wildman–Crippen LogP) is -1.59. The van der Waals surface area contributed by atoms with Gasteiger partial charge in [0.15, 0.2) is 0 Å². The van der Waals surface area contributed by atoms with Gasteiger partial charge in [0.05, 0.1) is 6.20 Å². The van der Waals surface area contributed by atoms with Crippen molar-refractivity contribution in [3.05, 3.63) is 23.9 Å². The van der Waals surface area contributed by atoms with Gasteiger partial charge in [-0.3, -0.25) is 5.01 Å². The van der Waals surface area contributed by atoms with E-state index in [-0.39, 0.29) is 0 Å². The Morgan fingerprint density at radius 2 is 2.08 bits per heavy atom. The molecule has 2 aliphatic rings. The van der Waals surface area contributed by atoms with Crippen molar-refractivity contribution in [3.8, 4) is 0 Å². The number of fused-ring (bicyclic) bond motifs is 1. The van der Waals surface area contributed by atoms with Crippen molar-refractivity contribution in [2.45, 2.75) is 0 Å². The van der Waals surface area contributed by atoms with Crippen molar-refractivity contribution in [1.29, 1.82) is 0 Å². The molecule has 0 bridgehead atoms. The van der Waals surface area contributed by atoms with Crippen molar-refractivity contribution in [3.63, 3.8) is 0 Å². The standard InChI is InChI=1S/C6H10N6/c7-5-2-11(9)1-4-6(8)10-3-12(4)5/h1-2H,3,7,9H2,(H2,8,10). The number of hydrogen-bond donors (Lipinski definition) is 3. The van der Waals surface area contributed by atoms with Gasteiger partial charge in [0, 0.05) is 6.20 Å². The van der Waals surface area contributed by atoms with Gasteiger partial charge in [0.1, 0.15) is 24.0 Å². The molecular weight excluding hydrogens is 156 g/mol. The van der Waals surface area contributed by atoms with Crippen LogP contribution < -0.4 is 17.3 Å². The molecule has 0 saturated carbocycles. The molecule has 12 heavy (non-hydrogen) atoms. The lowest BCUT2D eigenvalue weighted by Gasteiger charge is -2.26. The van der Waals surface area contributed by atoms with E-state index in [0.29, 0.717) is 18.3 Å². The quantitative estimate of drug-likeness (QED) is 0.377. The van der Waals surface area contributed by atoms with E-state index in [9.17, 15) is 0 Å². The lowest BCUT2D eigenvalue weighted by Crippen LogP contribution is -2.36. The number of amidine groups is 1. The van der Waals surface area contributed by atoms with E-state index in [1.165, 1.54) is 5.01 Å². The fraction of sp³-hybridized carbons (Fsp3) is 0.167. The maximum absolute atomic E-state index is 5.67. The van der Waals surface area contributed by atoms with Gasteiger partial charge in [-0.05, 0) is 0 Å². The van der Waals surface area contributed by atoms with Crippen molar-refractivity contribution in [2.24, 2.45) is 22.3 Å². The summed E-state index contributed by atoms with van der Waals surface area (Å²) in [5.41, 5.74) is 12.0. The normalized spacial score (nSPS) is 21.6. The summed E-state index contributed by atoms with van der Waals surface area (Å²) in [5, 5.41) is 1.37. The summed E-state index contributed by atoms with van der Waals surface area (Å²) in [6.45, 7) is 0.480. The Hall–Kier alpha value is -1.69. The summed E-state index contributed by atoms with van der Waals surface area (Å²) in [6.07, 6.45) is 3.29. The molecule has 0 atom stereocenters. The highest BCUT2D eigenvalue weighted by Gasteiger charge is 2.24. The molecule has 64 valence electrons. The molecule has 6 heteroatoms. The lowest BCUT2D eigenvalue weighted by molar-refractivity contribution is 0.402. The van der Waals surface area contributed by atoms with Gasteiger partial charge in [-0.25, -0.2) is 10.8 Å². The highest BCUT2D eigenvalue weighted by atomic mass is 15.4. The minimum absolute atomic E-state index is 0.474. The molecule has 0 aromatic carbocycles. The molecule has 0 aliphatic carbocycles. The van der Waals surface area contributed by atoms with Crippen LogP contribution in [-0.2, 0) is 0 Å². The topological polar surface area (TPSA) is 96.9 Å². The second-order valence-corrected chi connectivity index (χ2v) is 2.63. The van der Waals surface area contributed by atoms with Crippen molar-refractivity contribution < 1.29 is 0 Å². The SMILES string of the molecule is NC1=CN(N)C=C2C(N)=NCN12. The molecule has 0 fully saturated rings. The summed E-state index contributed by atoms with van der Waals surface area (Å²) in [5.74, 6) is 6.54. The van der Waals surface area contributed by atoms with Gasteiger partial charge < -0.3 is 16.4 Å². The second kappa shape index (κ2) is 2.15. The Morgan fingerprint density at radius 3 is 2.83 bits per heavy atom. The maximum atomic E-state index is 5.67. The number of rotatable bonds is 0. The molecule has 0 unspecified atom stereocenters. The second-order valence-electron chi connectivity index (χ2n) is 2.63. The molecule has 0 aromatic rings. The van der Waals surface area contributed by atoms with Crippen molar-refractivity contribution in [2.75, 3.05) is 6.67 Å². The van der Waals surface area contributed by atoms with Gasteiger partial charge in [-0.1, -0.05) is 0 Å². The first-order chi connectivity index (χ1) is 5.68. The lowest BCUT2D eigenvalue weighted by atomic mass is 10.3. The summed E-state index contributed by atoms with van der Waals surface area (Å²) >= 11 is 0. The molecule has 0 aromatic heterocycles. The van der Waals surface area contributed by atoms with Crippen molar-refractivity contribution >= 4 is 5.84 Å². The van der Waals surface area contributed by atoms with Crippen LogP contribution in [0.2, 0.25) is 0 Å². The molecule has 0 saturated heterocycles. The van der Waals surface area contributed by atoms with Crippen LogP contribution in [0.15, 0.2) is 28.9 Å². The van der Waals surface area contributed by atoms with Gasteiger partial charge in [-0.15, -0.1) is 0 Å². The first-order valence-electron chi connectivity index (χ1n) is 3.48. The summed E-state index contributed by atoms with van der Waals surface area (Å²) in [4.78, 5) is 5.80. The molecule has 0 radical (unpaired) electrons. The van der Waals surface area contributed by atoms with E-state index in [4.69, 9.17) is 17.3 Å². The van der Waals surface area contributed by atoms with Gasteiger partial charge >= 0.3 is 0 Å². The van der Waals surface area contributed by atoms with Gasteiger partial charge in [0.2, 0.25) is 0 Å². The molecule has 2 aliphatic heterocycles. The molecule has 0 amide bonds. The molecule has 6 nitrogen and oxygen atoms in total. The smallest absolute Gasteiger partial charge is 0.146 e. The number of nitrogens with two attached hydrogens (primary N) is 3. The number of hydrogen-bond acceptors (Lipinski definition) is 6. The average molecular weight is 166 g/mol. The van der Waals surface area contributed by atoms with E-state index in [1.54, 1.807) is 17.3 Å². The molecular formula is C6H10N6. The largest absolute Gasteiger partial charge is 0.384 e. The maximum Gasteiger partial charge on any atom is 0.146 e. The fourth-order valence-electron chi connectivity index (χ4n) is 1.20. The average Bonchev–Trinajstić information content (AvgIpc) is 2.33. The van der Waals surface area contributed by atoms with E-state index in [2.05, 4.69) is 4.99 Å². The minimum atomic E-state index is 0.474. The van der Waals surface area contributed by atoms with Crippen LogP contribution in [0.25, 0.3) is 0 Å². The zero-order valence-electron chi connectivity index (χ0n) is 6.44. The predicted molar refractivity (Wildman–Crippen MR) is 44.7 cm³/mol. The Labute approximate surface area is 69.6 Å². The van der Waals surface area contributed by atoms with Crippen LogP contribution in [0.5, 0.6) is 0 Å². The Morgan fingerprint density at radius 1 is 1.33 bits per heavy atom. The monoisotopic (exact) mass is 166 g/mol. The third kappa shape index (κ3) is 0.817. The molecule has 6 N–H and O–H groups in total. The fourth-order valence-corrected chi connectivity index (χ4v) is 1.20. The highest BCUT2D eigenvalue weighted by molar-refractivity contribution is 5.98. The summed E-state index contributed by atoms with van der Waals surface area (Å²) in [7, 11) is 0. The zero-order chi connectivity index (χ0) is 8.72. The number of hydrazine groups is 1. The van der Waals surface area contributed by atoms with Crippen LogP contribution in [0.1, 0.15) is 0 Å². The van der Waals surface area contributed by atoms with E-state index < -0.39 is 0 Å². The van der Waals surface area contributed by atoms with Crippen LogP contribution >= 0.6 is 0 Å². The zero-order valence-corrected chi connectivity index (χ0v) is 6.44. The van der Waals surface area contributed by atoms with E-state index in [0.717, 1.165) is 5.70 Å². The van der Waals surface area contributed by atoms with Crippen LogP contribution in [0.4, 0.5) is 0 Å². The number of nitrogens with zero attached hydrogens (tertiary/aromatic N) is 3. The van der Waals surface area contributed by atoms with Gasteiger partial charge in [-0.2, -0.15) is 0 Å². The number of aliphatic imine (C=N–C) groups is 1.